The van der Waals surface area contributed by atoms with Gasteiger partial charge in [0.2, 0.25) is 0 Å². The molecule has 5 heteroatoms. The molecule has 1 atom stereocenters. The van der Waals surface area contributed by atoms with Gasteiger partial charge in [-0.05, 0) is 50.6 Å². The van der Waals surface area contributed by atoms with Crippen molar-refractivity contribution >= 4 is 17.9 Å². The van der Waals surface area contributed by atoms with Crippen LogP contribution in [0.4, 0.5) is 0 Å². The molecule has 0 unspecified atom stereocenters. The summed E-state index contributed by atoms with van der Waals surface area (Å²) in [5.41, 5.74) is -0.592. The summed E-state index contributed by atoms with van der Waals surface area (Å²) in [7, 11) is 0. The van der Waals surface area contributed by atoms with Crippen molar-refractivity contribution in [2.75, 3.05) is 0 Å². The van der Waals surface area contributed by atoms with Crippen molar-refractivity contribution in [3.05, 3.63) is 77.4 Å². The Morgan fingerprint density at radius 1 is 1.20 bits per heavy atom. The van der Waals surface area contributed by atoms with Crippen molar-refractivity contribution in [1.82, 2.24) is 0 Å². The first-order valence-electron chi connectivity index (χ1n) is 9.73. The van der Waals surface area contributed by atoms with E-state index in [1.165, 1.54) is 12.1 Å². The van der Waals surface area contributed by atoms with Gasteiger partial charge in [0, 0.05) is 6.42 Å². The van der Waals surface area contributed by atoms with E-state index in [-0.39, 0.29) is 28.4 Å². The molecular weight excluding hydrogens is 380 g/mol. The van der Waals surface area contributed by atoms with Gasteiger partial charge in [-0.2, -0.15) is 0 Å². The number of fused-ring (bicyclic) bond motifs is 1. The van der Waals surface area contributed by atoms with Crippen LogP contribution in [0.5, 0.6) is 17.2 Å². The van der Waals surface area contributed by atoms with Gasteiger partial charge in [0.25, 0.3) is 0 Å². The SMILES string of the molecule is CC(C)(O)C=CC[C@@]1(C)C=Cc2c(O)c(C(=O)C=Cc3ccccc3)cc(O)c2O1. The summed E-state index contributed by atoms with van der Waals surface area (Å²) in [5.74, 6) is -0.765. The van der Waals surface area contributed by atoms with Crippen LogP contribution in [0.3, 0.4) is 0 Å². The maximum absolute atomic E-state index is 12.6. The monoisotopic (exact) mass is 406 g/mol. The fraction of sp³-hybridized carbons (Fsp3) is 0.240. The number of ketones is 1. The minimum Gasteiger partial charge on any atom is -0.506 e. The standard InChI is InChI=1S/C25H26O5/c1-24(2,29)13-7-14-25(3)15-12-18-22(28)19(16-21(27)23(18)30-25)20(26)11-10-17-8-5-4-6-9-17/h4-13,15-16,27-29H,14H2,1-3H3/t25-/m0/s1. The summed E-state index contributed by atoms with van der Waals surface area (Å²) in [6.07, 6.45) is 10.3. The Morgan fingerprint density at radius 2 is 1.90 bits per heavy atom. The van der Waals surface area contributed by atoms with Crippen LogP contribution in [0.2, 0.25) is 0 Å². The lowest BCUT2D eigenvalue weighted by atomic mass is 9.93. The second-order valence-corrected chi connectivity index (χ2v) is 8.15. The number of phenols is 2. The van der Waals surface area contributed by atoms with Gasteiger partial charge in [-0.1, -0.05) is 48.6 Å². The predicted octanol–water partition coefficient (Wildman–Crippen LogP) is 4.88. The van der Waals surface area contributed by atoms with E-state index in [9.17, 15) is 20.1 Å². The average Bonchev–Trinajstić information content (AvgIpc) is 2.68. The zero-order chi connectivity index (χ0) is 21.9. The van der Waals surface area contributed by atoms with Crippen molar-refractivity contribution in [3.8, 4) is 17.2 Å². The van der Waals surface area contributed by atoms with Crippen LogP contribution < -0.4 is 4.74 Å². The number of carbonyl (C=O) groups is 1. The van der Waals surface area contributed by atoms with E-state index in [4.69, 9.17) is 4.74 Å². The maximum Gasteiger partial charge on any atom is 0.189 e. The lowest BCUT2D eigenvalue weighted by molar-refractivity contribution is 0.104. The molecule has 0 bridgehead atoms. The highest BCUT2D eigenvalue weighted by Gasteiger charge is 2.31. The molecule has 0 radical (unpaired) electrons. The normalized spacial score (nSPS) is 18.5. The third-order valence-corrected chi connectivity index (χ3v) is 4.75. The van der Waals surface area contributed by atoms with Crippen LogP contribution in [0.15, 0.2) is 60.7 Å². The number of phenolic OH excluding ortho intramolecular Hbond substituents is 2. The second-order valence-electron chi connectivity index (χ2n) is 8.15. The minimum absolute atomic E-state index is 0.00258. The van der Waals surface area contributed by atoms with E-state index in [2.05, 4.69) is 0 Å². The molecule has 2 aromatic rings. The molecule has 2 aromatic carbocycles. The Labute approximate surface area is 176 Å². The molecule has 0 aromatic heterocycles. The van der Waals surface area contributed by atoms with Crippen LogP contribution in [-0.2, 0) is 0 Å². The van der Waals surface area contributed by atoms with E-state index >= 15 is 0 Å². The molecule has 0 aliphatic carbocycles. The number of allylic oxidation sites excluding steroid dienone is 1. The first kappa shape index (κ1) is 21.4. The number of hydrogen-bond acceptors (Lipinski definition) is 5. The van der Waals surface area contributed by atoms with Gasteiger partial charge in [-0.15, -0.1) is 0 Å². The van der Waals surface area contributed by atoms with E-state index in [1.54, 1.807) is 44.2 Å². The summed E-state index contributed by atoms with van der Waals surface area (Å²) in [6.45, 7) is 5.18. The van der Waals surface area contributed by atoms with Gasteiger partial charge in [0.1, 0.15) is 11.4 Å². The zero-order valence-electron chi connectivity index (χ0n) is 17.3. The third-order valence-electron chi connectivity index (χ3n) is 4.75. The van der Waals surface area contributed by atoms with Gasteiger partial charge >= 0.3 is 0 Å². The molecule has 0 saturated carbocycles. The van der Waals surface area contributed by atoms with E-state index < -0.39 is 17.0 Å². The first-order chi connectivity index (χ1) is 14.1. The van der Waals surface area contributed by atoms with Crippen molar-refractivity contribution in [2.45, 2.75) is 38.4 Å². The van der Waals surface area contributed by atoms with Crippen LogP contribution in [0.25, 0.3) is 12.2 Å². The Bertz CT molecular complexity index is 1030. The Kier molecular flexibility index (Phi) is 5.85. The fourth-order valence-corrected chi connectivity index (χ4v) is 3.15. The quantitative estimate of drug-likeness (QED) is 0.276. The number of aliphatic hydroxyl groups is 1. The predicted molar refractivity (Wildman–Crippen MR) is 118 cm³/mol. The molecule has 1 aliphatic heterocycles. The maximum atomic E-state index is 12.6. The van der Waals surface area contributed by atoms with Gasteiger partial charge in [-0.25, -0.2) is 0 Å². The highest BCUT2D eigenvalue weighted by Crippen LogP contribution is 2.45. The van der Waals surface area contributed by atoms with E-state index in [0.29, 0.717) is 6.42 Å². The number of hydrogen-bond donors (Lipinski definition) is 3. The molecule has 1 aliphatic rings. The van der Waals surface area contributed by atoms with Crippen LogP contribution in [-0.4, -0.2) is 32.3 Å². The topological polar surface area (TPSA) is 87.0 Å². The molecule has 3 rings (SSSR count). The molecule has 5 nitrogen and oxygen atoms in total. The van der Waals surface area contributed by atoms with Crippen molar-refractivity contribution in [1.29, 1.82) is 0 Å². The molecule has 0 saturated heterocycles. The molecular formula is C25H26O5. The number of benzene rings is 2. The molecule has 3 N–H and O–H groups in total. The van der Waals surface area contributed by atoms with E-state index in [0.717, 1.165) is 5.56 Å². The molecule has 0 spiro atoms. The molecule has 1 heterocycles. The van der Waals surface area contributed by atoms with Gasteiger partial charge in [0.05, 0.1) is 16.7 Å². The highest BCUT2D eigenvalue weighted by atomic mass is 16.5. The molecule has 156 valence electrons. The molecule has 0 amide bonds. The minimum atomic E-state index is -0.935. The first-order valence-corrected chi connectivity index (χ1v) is 9.73. The van der Waals surface area contributed by atoms with Crippen molar-refractivity contribution < 1.29 is 24.9 Å². The number of ether oxygens (including phenoxy) is 1. The second kappa shape index (κ2) is 8.20. The summed E-state index contributed by atoms with van der Waals surface area (Å²) < 4.78 is 5.95. The van der Waals surface area contributed by atoms with E-state index in [1.807, 2.05) is 37.3 Å². The smallest absolute Gasteiger partial charge is 0.189 e. The Hall–Kier alpha value is -3.31. The molecule has 0 fully saturated rings. The zero-order valence-corrected chi connectivity index (χ0v) is 17.3. The van der Waals surface area contributed by atoms with Gasteiger partial charge in [0.15, 0.2) is 17.3 Å². The van der Waals surface area contributed by atoms with Crippen molar-refractivity contribution in [3.63, 3.8) is 0 Å². The Morgan fingerprint density at radius 3 is 2.57 bits per heavy atom. The van der Waals surface area contributed by atoms with Crippen LogP contribution in [0.1, 0.15) is 48.7 Å². The van der Waals surface area contributed by atoms with Crippen molar-refractivity contribution in [2.24, 2.45) is 0 Å². The summed E-state index contributed by atoms with van der Waals surface area (Å²) in [6, 6.07) is 10.5. The van der Waals surface area contributed by atoms with Crippen LogP contribution in [0, 0.1) is 0 Å². The Balaban J connectivity index is 1.86. The lowest BCUT2D eigenvalue weighted by Gasteiger charge is -2.32. The molecule has 30 heavy (non-hydrogen) atoms. The largest absolute Gasteiger partial charge is 0.506 e. The number of rotatable bonds is 6. The highest BCUT2D eigenvalue weighted by molar-refractivity contribution is 6.10. The lowest BCUT2D eigenvalue weighted by Crippen LogP contribution is -2.31. The number of carbonyl (C=O) groups excluding carboxylic acids is 1. The van der Waals surface area contributed by atoms with Gasteiger partial charge in [-0.3, -0.25) is 4.79 Å². The fourth-order valence-electron chi connectivity index (χ4n) is 3.15. The summed E-state index contributed by atoms with van der Waals surface area (Å²) in [4.78, 5) is 12.6. The summed E-state index contributed by atoms with van der Waals surface area (Å²) in [5, 5.41) is 30.9. The average molecular weight is 406 g/mol. The van der Waals surface area contributed by atoms with Crippen LogP contribution >= 0.6 is 0 Å². The summed E-state index contributed by atoms with van der Waals surface area (Å²) >= 11 is 0. The van der Waals surface area contributed by atoms with Gasteiger partial charge < -0.3 is 20.1 Å². The number of aromatic hydroxyl groups is 2. The third kappa shape index (κ3) is 4.99.